The fraction of sp³-hybridized carbons (Fsp3) is 1.00. The molecule has 1 unspecified atom stereocenters. The van der Waals surface area contributed by atoms with Gasteiger partial charge in [0.05, 0.1) is 0 Å². The van der Waals surface area contributed by atoms with E-state index in [9.17, 15) is 4.20 Å². The van der Waals surface area contributed by atoms with Crippen LogP contribution < -0.4 is 0 Å². The van der Waals surface area contributed by atoms with Crippen LogP contribution in [0.4, 0.5) is 4.20 Å². The molecular weight excluding hydrogens is 84.8 g/mol. The van der Waals surface area contributed by atoms with Crippen LogP contribution in [0.1, 0.15) is 6.92 Å². The van der Waals surface area contributed by atoms with Gasteiger partial charge in [0.1, 0.15) is 0 Å². The summed E-state index contributed by atoms with van der Waals surface area (Å²) in [6.45, 7) is 1.73. The van der Waals surface area contributed by atoms with Crippen molar-refractivity contribution in [1.82, 2.24) is 0 Å². The van der Waals surface area contributed by atoms with Crippen molar-refractivity contribution in [3.8, 4) is 0 Å². The van der Waals surface area contributed by atoms with Gasteiger partial charge in [0, 0.05) is 8.11 Å². The van der Waals surface area contributed by atoms with Gasteiger partial charge in [0.2, 0.25) is 0 Å². The second-order valence-corrected chi connectivity index (χ2v) is 2.15. The third kappa shape index (κ3) is 4.42. The van der Waals surface area contributed by atoms with E-state index in [1.165, 1.54) is 0 Å². The molecule has 5 heavy (non-hydrogen) atoms. The summed E-state index contributed by atoms with van der Waals surface area (Å²) in [6.07, 6.45) is 0.481. The van der Waals surface area contributed by atoms with Crippen LogP contribution in [0.3, 0.4) is 0 Å². The van der Waals surface area contributed by atoms with E-state index >= 15 is 0 Å². The molecule has 0 aliphatic carbocycles. The third-order valence-electron chi connectivity index (χ3n) is 0.302. The minimum absolute atomic E-state index is 0.481. The molecule has 0 rings (SSSR count). The van der Waals surface area contributed by atoms with Gasteiger partial charge < -0.3 is 0 Å². The minimum atomic E-state index is -1.60. The highest BCUT2D eigenvalue weighted by Crippen LogP contribution is 2.28. The van der Waals surface area contributed by atoms with Crippen LogP contribution in [0, 0.1) is 0 Å². The third-order valence-corrected chi connectivity index (χ3v) is 0.906. The fourth-order valence-corrected chi connectivity index (χ4v) is 0. The van der Waals surface area contributed by atoms with Crippen molar-refractivity contribution < 1.29 is 4.20 Å². The van der Waals surface area contributed by atoms with Gasteiger partial charge in [-0.3, -0.25) is 0 Å². The topological polar surface area (TPSA) is 0 Å². The molecule has 3 heteroatoms. The average Bonchev–Trinajstić information content (AvgIpc) is 1.38. The monoisotopic (exact) mass is 90.0 g/mol. The maximum absolute atomic E-state index is 11.3. The molecule has 0 amide bonds. The van der Waals surface area contributed by atoms with Gasteiger partial charge in [0.15, 0.2) is 7.57 Å². The van der Waals surface area contributed by atoms with Gasteiger partial charge >= 0.3 is 0 Å². The lowest BCUT2D eigenvalue weighted by atomic mass is 10.8. The van der Waals surface area contributed by atoms with E-state index in [0.717, 1.165) is 0 Å². The summed E-state index contributed by atoms with van der Waals surface area (Å²) in [5, 5.41) is 0. The Balaban J connectivity index is 2.54. The van der Waals surface area contributed by atoms with Gasteiger partial charge in [-0.2, -0.15) is 0 Å². The van der Waals surface area contributed by atoms with Crippen molar-refractivity contribution in [3.05, 3.63) is 0 Å². The predicted molar refractivity (Wildman–Crippen MR) is 24.3 cm³/mol. The Morgan fingerprint density at radius 3 is 2.20 bits per heavy atom. The lowest BCUT2D eigenvalue weighted by molar-refractivity contribution is 0.908. The zero-order valence-corrected chi connectivity index (χ0v) is 4.00. The second kappa shape index (κ2) is 2.65. The summed E-state index contributed by atoms with van der Waals surface area (Å²) >= 11 is 0. The Hall–Kier alpha value is 0.425. The zero-order valence-electron chi connectivity index (χ0n) is 3.11. The summed E-state index contributed by atoms with van der Waals surface area (Å²) < 4.78 is 11.3. The first-order chi connectivity index (χ1) is 2.27. The fourth-order valence-electron chi connectivity index (χ4n) is 0. The van der Waals surface area contributed by atoms with Gasteiger partial charge in [-0.05, 0) is 6.16 Å². The lowest BCUT2D eigenvalue weighted by Gasteiger charge is -1.86. The van der Waals surface area contributed by atoms with E-state index in [1.54, 1.807) is 6.92 Å². The quantitative estimate of drug-likeness (QED) is 0.337. The molecule has 2 radical (unpaired) electrons. The predicted octanol–water partition coefficient (Wildman–Crippen LogP) is 1.46. The number of hydrogen-bond donors (Lipinski definition) is 0. The maximum Gasteiger partial charge on any atom is 0.156 e. The molecule has 28 valence electrons. The molecule has 0 fully saturated rings. The molecule has 0 aliphatic heterocycles. The molecule has 0 bridgehead atoms. The second-order valence-electron chi connectivity index (χ2n) is 0.716. The van der Waals surface area contributed by atoms with Crippen LogP contribution >= 0.6 is 8.11 Å². The highest BCUT2D eigenvalue weighted by molar-refractivity contribution is 7.77. The Labute approximate surface area is 34.0 Å². The molecule has 0 aromatic heterocycles. The van der Waals surface area contributed by atoms with Crippen LogP contribution in [0.15, 0.2) is 0 Å². The molecule has 0 aliphatic rings. The summed E-state index contributed by atoms with van der Waals surface area (Å²) in [6, 6.07) is 0. The number of halogens is 1. The first-order valence-corrected chi connectivity index (χ1v) is 2.94. The molecule has 0 aromatic carbocycles. The first-order valence-electron chi connectivity index (χ1n) is 1.45. The van der Waals surface area contributed by atoms with E-state index < -0.39 is 8.11 Å². The standard InChI is InChI=1S/C2H5BFP/c1-2-5(3)4/h2H2,1H3. The Kier molecular flexibility index (Phi) is 2.88. The van der Waals surface area contributed by atoms with Crippen LogP contribution in [-0.4, -0.2) is 13.7 Å². The van der Waals surface area contributed by atoms with Gasteiger partial charge in [-0.25, -0.2) is 4.20 Å². The number of hydrogen-bond acceptors (Lipinski definition) is 0. The molecule has 1 atom stereocenters. The maximum atomic E-state index is 11.3. The van der Waals surface area contributed by atoms with Crippen molar-refractivity contribution in [2.45, 2.75) is 6.92 Å². The van der Waals surface area contributed by atoms with Crippen molar-refractivity contribution in [1.29, 1.82) is 0 Å². The normalized spacial score (nSPS) is 14.8. The van der Waals surface area contributed by atoms with E-state index in [-0.39, 0.29) is 0 Å². The highest BCUT2D eigenvalue weighted by Gasteiger charge is 1.85. The number of rotatable bonds is 1. The molecular formula is C2H5BFP. The molecule has 0 saturated carbocycles. The minimum Gasteiger partial charge on any atom is -0.240 e. The van der Waals surface area contributed by atoms with Crippen molar-refractivity contribution in [3.63, 3.8) is 0 Å². The van der Waals surface area contributed by atoms with E-state index in [0.29, 0.717) is 6.16 Å². The van der Waals surface area contributed by atoms with E-state index in [1.807, 2.05) is 0 Å². The van der Waals surface area contributed by atoms with Crippen LogP contribution in [-0.2, 0) is 0 Å². The Bertz CT molecular complexity index is 23.6. The lowest BCUT2D eigenvalue weighted by Crippen LogP contribution is -1.62. The van der Waals surface area contributed by atoms with Gasteiger partial charge in [-0.1, -0.05) is 6.92 Å². The summed E-state index contributed by atoms with van der Waals surface area (Å²) in [5.74, 6) is 0. The summed E-state index contributed by atoms with van der Waals surface area (Å²) in [4.78, 5) is 0. The highest BCUT2D eigenvalue weighted by atomic mass is 31.2. The first kappa shape index (κ1) is 5.42. The largest absolute Gasteiger partial charge is 0.240 e. The molecule has 0 saturated heterocycles. The SMILES string of the molecule is [B]P(F)CC. The zero-order chi connectivity index (χ0) is 4.28. The molecule has 0 heterocycles. The molecule has 0 spiro atoms. The molecule has 0 N–H and O–H groups in total. The summed E-state index contributed by atoms with van der Waals surface area (Å²) in [7, 11) is 3.09. The van der Waals surface area contributed by atoms with E-state index in [4.69, 9.17) is 0 Å². The Morgan fingerprint density at radius 2 is 2.20 bits per heavy atom. The van der Waals surface area contributed by atoms with Crippen molar-refractivity contribution >= 4 is 15.7 Å². The smallest absolute Gasteiger partial charge is 0.156 e. The molecule has 0 nitrogen and oxygen atoms in total. The Morgan fingerprint density at radius 1 is 2.00 bits per heavy atom. The van der Waals surface area contributed by atoms with Crippen LogP contribution in [0.25, 0.3) is 0 Å². The van der Waals surface area contributed by atoms with Crippen molar-refractivity contribution in [2.75, 3.05) is 6.16 Å². The van der Waals surface area contributed by atoms with Crippen LogP contribution in [0.2, 0.25) is 0 Å². The van der Waals surface area contributed by atoms with Crippen molar-refractivity contribution in [2.24, 2.45) is 0 Å². The molecule has 0 aromatic rings. The van der Waals surface area contributed by atoms with Gasteiger partial charge in [0.25, 0.3) is 0 Å². The summed E-state index contributed by atoms with van der Waals surface area (Å²) in [5.41, 5.74) is 0. The van der Waals surface area contributed by atoms with E-state index in [2.05, 4.69) is 7.57 Å². The average molecular weight is 89.8 g/mol. The van der Waals surface area contributed by atoms with Crippen LogP contribution in [0.5, 0.6) is 0 Å². The van der Waals surface area contributed by atoms with Gasteiger partial charge in [-0.15, -0.1) is 0 Å².